The molecule has 0 aliphatic carbocycles. The van der Waals surface area contributed by atoms with E-state index in [0.29, 0.717) is 34.1 Å². The molecule has 0 aliphatic rings. The fourth-order valence-electron chi connectivity index (χ4n) is 5.32. The van der Waals surface area contributed by atoms with Crippen molar-refractivity contribution in [3.8, 4) is 28.7 Å². The van der Waals surface area contributed by atoms with Gasteiger partial charge >= 0.3 is 0 Å². The second kappa shape index (κ2) is 8.68. The normalized spacial score (nSPS) is 11.6. The second-order valence-corrected chi connectivity index (χ2v) is 9.60. The van der Waals surface area contributed by atoms with Crippen molar-refractivity contribution in [2.24, 2.45) is 0 Å². The second-order valence-electron chi connectivity index (χ2n) is 9.60. The summed E-state index contributed by atoms with van der Waals surface area (Å²) in [5.74, 6) is 1.61. The average Bonchev–Trinajstić information content (AvgIpc) is 3.34. The first-order valence-corrected chi connectivity index (χ1v) is 13.0. The zero-order valence-corrected chi connectivity index (χ0v) is 21.1. The predicted molar refractivity (Wildman–Crippen MR) is 158 cm³/mol. The Morgan fingerprint density at radius 3 is 1.82 bits per heavy atom. The molecule has 7 nitrogen and oxygen atoms in total. The Bertz CT molecular complexity index is 2230. The van der Waals surface area contributed by atoms with Gasteiger partial charge in [-0.25, -0.2) is 9.97 Å². The maximum Gasteiger partial charge on any atom is 0.265 e. The minimum Gasteiger partial charge on any atom is -0.276 e. The summed E-state index contributed by atoms with van der Waals surface area (Å²) in [6, 6.07) is 37.3. The van der Waals surface area contributed by atoms with Gasteiger partial charge in [0.05, 0.1) is 21.9 Å². The number of nitrogens with zero attached hydrogens (tertiary/aromatic N) is 6. The molecule has 0 spiro atoms. The molecule has 0 aliphatic heterocycles. The van der Waals surface area contributed by atoms with E-state index in [4.69, 9.17) is 19.9 Å². The lowest BCUT2D eigenvalue weighted by atomic mass is 10.2. The van der Waals surface area contributed by atoms with Gasteiger partial charge in [0.15, 0.2) is 11.6 Å². The lowest BCUT2D eigenvalue weighted by Gasteiger charge is -2.11. The lowest BCUT2D eigenvalue weighted by molar-refractivity contribution is 0.948. The first-order chi connectivity index (χ1) is 19.7. The Kier molecular flexibility index (Phi) is 4.84. The van der Waals surface area contributed by atoms with Crippen LogP contribution >= 0.6 is 0 Å². The molecular formula is C33H20N6O. The average molecular weight is 517 g/mol. The molecule has 0 fully saturated rings. The zero-order valence-electron chi connectivity index (χ0n) is 21.1. The standard InChI is InChI=1S/C33H20N6O/c40-32-24-16-7-9-17-26(24)34-29-19-25-23-15-8-10-18-27(23)39(28(25)20-38(29)32)33-36-30(21-11-3-1-4-12-21)35-31(37-33)22-13-5-2-6-14-22/h1-20H. The van der Waals surface area contributed by atoms with Crippen LogP contribution in [0.5, 0.6) is 0 Å². The van der Waals surface area contributed by atoms with E-state index in [1.54, 1.807) is 10.5 Å². The molecule has 40 heavy (non-hydrogen) atoms. The van der Waals surface area contributed by atoms with Crippen molar-refractivity contribution in [2.45, 2.75) is 0 Å². The molecule has 8 aromatic rings. The Labute approximate surface area is 227 Å². The number of fused-ring (bicyclic) bond motifs is 5. The van der Waals surface area contributed by atoms with Gasteiger partial charge in [-0.05, 0) is 24.3 Å². The number of aromatic nitrogens is 6. The molecule has 4 aromatic heterocycles. The summed E-state index contributed by atoms with van der Waals surface area (Å²) in [5.41, 5.74) is 4.65. The molecule has 0 N–H and O–H groups in total. The highest BCUT2D eigenvalue weighted by Crippen LogP contribution is 2.32. The monoisotopic (exact) mass is 516 g/mol. The Morgan fingerprint density at radius 2 is 1.12 bits per heavy atom. The van der Waals surface area contributed by atoms with Crippen LogP contribution in [0.4, 0.5) is 0 Å². The maximum absolute atomic E-state index is 13.5. The van der Waals surface area contributed by atoms with E-state index in [-0.39, 0.29) is 5.56 Å². The van der Waals surface area contributed by atoms with Gasteiger partial charge in [-0.1, -0.05) is 91.0 Å². The largest absolute Gasteiger partial charge is 0.276 e. The number of hydrogen-bond donors (Lipinski definition) is 0. The molecule has 0 radical (unpaired) electrons. The van der Waals surface area contributed by atoms with Crippen LogP contribution in [0.2, 0.25) is 0 Å². The first kappa shape index (κ1) is 22.3. The highest BCUT2D eigenvalue weighted by molar-refractivity contribution is 6.10. The van der Waals surface area contributed by atoms with Crippen LogP contribution in [-0.2, 0) is 0 Å². The summed E-state index contributed by atoms with van der Waals surface area (Å²) in [4.78, 5) is 33.1. The molecule has 0 bridgehead atoms. The minimum atomic E-state index is -0.120. The summed E-state index contributed by atoms with van der Waals surface area (Å²) < 4.78 is 3.61. The topological polar surface area (TPSA) is 78.0 Å². The van der Waals surface area contributed by atoms with E-state index in [0.717, 1.165) is 32.9 Å². The molecule has 7 heteroatoms. The number of hydrogen-bond acceptors (Lipinski definition) is 5. The third kappa shape index (κ3) is 3.41. The number of pyridine rings is 1. The van der Waals surface area contributed by atoms with Crippen molar-refractivity contribution in [3.63, 3.8) is 0 Å². The molecule has 0 atom stereocenters. The fourth-order valence-corrected chi connectivity index (χ4v) is 5.32. The van der Waals surface area contributed by atoms with E-state index in [1.807, 2.05) is 114 Å². The highest BCUT2D eigenvalue weighted by Gasteiger charge is 2.19. The molecule has 0 saturated carbocycles. The van der Waals surface area contributed by atoms with Gasteiger partial charge in [0, 0.05) is 28.1 Å². The van der Waals surface area contributed by atoms with Gasteiger partial charge in [0.1, 0.15) is 5.65 Å². The van der Waals surface area contributed by atoms with E-state index >= 15 is 0 Å². The summed E-state index contributed by atoms with van der Waals surface area (Å²) in [6.07, 6.45) is 1.85. The number of para-hydroxylation sites is 2. The Morgan fingerprint density at radius 1 is 0.525 bits per heavy atom. The van der Waals surface area contributed by atoms with Gasteiger partial charge in [-0.2, -0.15) is 9.97 Å². The number of benzene rings is 4. The molecule has 0 amide bonds. The van der Waals surface area contributed by atoms with Crippen LogP contribution < -0.4 is 5.56 Å². The number of rotatable bonds is 3. The van der Waals surface area contributed by atoms with Crippen molar-refractivity contribution >= 4 is 38.4 Å². The van der Waals surface area contributed by atoms with E-state index in [2.05, 4.69) is 6.07 Å². The van der Waals surface area contributed by atoms with Gasteiger partial charge in [-0.3, -0.25) is 13.8 Å². The molecule has 0 saturated heterocycles. The third-order valence-electron chi connectivity index (χ3n) is 7.20. The third-order valence-corrected chi connectivity index (χ3v) is 7.20. The smallest absolute Gasteiger partial charge is 0.265 e. The highest BCUT2D eigenvalue weighted by atomic mass is 16.1. The fraction of sp³-hybridized carbons (Fsp3) is 0. The van der Waals surface area contributed by atoms with Crippen molar-refractivity contribution in [3.05, 3.63) is 132 Å². The summed E-state index contributed by atoms with van der Waals surface area (Å²) in [7, 11) is 0. The predicted octanol–water partition coefficient (Wildman–Crippen LogP) is 6.46. The van der Waals surface area contributed by atoms with E-state index < -0.39 is 0 Å². The van der Waals surface area contributed by atoms with Crippen LogP contribution in [0, 0.1) is 0 Å². The summed E-state index contributed by atoms with van der Waals surface area (Å²) in [6.45, 7) is 0. The van der Waals surface area contributed by atoms with E-state index in [9.17, 15) is 4.79 Å². The first-order valence-electron chi connectivity index (χ1n) is 13.0. The van der Waals surface area contributed by atoms with Gasteiger partial charge in [0.25, 0.3) is 5.56 Å². The Hall–Kier alpha value is -5.69. The van der Waals surface area contributed by atoms with E-state index in [1.165, 1.54) is 0 Å². The van der Waals surface area contributed by atoms with Gasteiger partial charge in [0.2, 0.25) is 5.95 Å². The molecule has 8 rings (SSSR count). The van der Waals surface area contributed by atoms with Crippen molar-refractivity contribution in [2.75, 3.05) is 0 Å². The molecular weight excluding hydrogens is 496 g/mol. The Balaban J connectivity index is 1.49. The lowest BCUT2D eigenvalue weighted by Crippen LogP contribution is -2.15. The van der Waals surface area contributed by atoms with Crippen LogP contribution in [0.25, 0.3) is 67.1 Å². The van der Waals surface area contributed by atoms with Crippen LogP contribution in [0.15, 0.2) is 126 Å². The zero-order chi connectivity index (χ0) is 26.6. The molecule has 4 heterocycles. The molecule has 188 valence electrons. The molecule has 4 aromatic carbocycles. The van der Waals surface area contributed by atoms with Crippen LogP contribution in [0.3, 0.4) is 0 Å². The summed E-state index contributed by atoms with van der Waals surface area (Å²) >= 11 is 0. The molecule has 0 unspecified atom stereocenters. The quantitative estimate of drug-likeness (QED) is 0.252. The van der Waals surface area contributed by atoms with Crippen LogP contribution in [-0.4, -0.2) is 28.9 Å². The van der Waals surface area contributed by atoms with Crippen LogP contribution in [0.1, 0.15) is 0 Å². The van der Waals surface area contributed by atoms with Gasteiger partial charge in [-0.15, -0.1) is 0 Å². The van der Waals surface area contributed by atoms with Crippen molar-refractivity contribution in [1.29, 1.82) is 0 Å². The van der Waals surface area contributed by atoms with Crippen molar-refractivity contribution in [1.82, 2.24) is 28.9 Å². The maximum atomic E-state index is 13.5. The summed E-state index contributed by atoms with van der Waals surface area (Å²) in [5, 5.41) is 2.55. The SMILES string of the molecule is O=c1c2ccccc2nc2cc3c4ccccc4n(-c4nc(-c5ccccc5)nc(-c5ccccc5)n4)c3cn12. The van der Waals surface area contributed by atoms with Gasteiger partial charge < -0.3 is 0 Å². The van der Waals surface area contributed by atoms with Crippen molar-refractivity contribution < 1.29 is 0 Å². The minimum absolute atomic E-state index is 0.120.